The van der Waals surface area contributed by atoms with E-state index < -0.39 is 0 Å². The summed E-state index contributed by atoms with van der Waals surface area (Å²) in [5.41, 5.74) is 1.80. The second kappa shape index (κ2) is 7.34. The number of carbonyl (C=O) groups is 1. The van der Waals surface area contributed by atoms with E-state index in [1.807, 2.05) is 36.4 Å². The van der Waals surface area contributed by atoms with Crippen LogP contribution in [0.4, 0.5) is 5.69 Å². The molecule has 0 atom stereocenters. The zero-order chi connectivity index (χ0) is 17.8. The number of amides is 1. The molecule has 0 radical (unpaired) electrons. The first-order valence-corrected chi connectivity index (χ1v) is 7.99. The normalized spacial score (nSPS) is 12.0. The number of hydrogen-bond donors (Lipinski definition) is 0. The van der Waals surface area contributed by atoms with Gasteiger partial charge in [0.2, 0.25) is 12.7 Å². The summed E-state index contributed by atoms with van der Waals surface area (Å²) in [5.74, 6) is 2.73. The van der Waals surface area contributed by atoms with Gasteiger partial charge in [-0.25, -0.2) is 0 Å². The summed E-state index contributed by atoms with van der Waals surface area (Å²) in [7, 11) is 4.95. The molecule has 0 saturated heterocycles. The van der Waals surface area contributed by atoms with Gasteiger partial charge in [-0.05, 0) is 36.2 Å². The summed E-state index contributed by atoms with van der Waals surface area (Å²) in [6.45, 7) is 0.218. The molecule has 0 N–H and O–H groups in total. The summed E-state index contributed by atoms with van der Waals surface area (Å²) < 4.78 is 21.2. The predicted molar refractivity (Wildman–Crippen MR) is 93.8 cm³/mol. The highest BCUT2D eigenvalue weighted by atomic mass is 16.7. The van der Waals surface area contributed by atoms with Crippen LogP contribution < -0.4 is 23.8 Å². The SMILES string of the molecule is COc1ccc(CCC(=O)N(C)c2ccc3c(c2)OCO3)cc1OC. The van der Waals surface area contributed by atoms with Crippen LogP contribution in [0.25, 0.3) is 0 Å². The van der Waals surface area contributed by atoms with E-state index in [-0.39, 0.29) is 12.7 Å². The maximum atomic E-state index is 12.5. The molecule has 0 aliphatic carbocycles. The Hall–Kier alpha value is -2.89. The van der Waals surface area contributed by atoms with Crippen molar-refractivity contribution in [1.82, 2.24) is 0 Å². The first kappa shape index (κ1) is 17.0. The average molecular weight is 343 g/mol. The highest BCUT2D eigenvalue weighted by Gasteiger charge is 2.17. The lowest BCUT2D eigenvalue weighted by Crippen LogP contribution is -2.26. The molecule has 25 heavy (non-hydrogen) atoms. The Bertz CT molecular complexity index is 774. The quantitative estimate of drug-likeness (QED) is 0.807. The van der Waals surface area contributed by atoms with Gasteiger partial charge in [-0.2, -0.15) is 0 Å². The van der Waals surface area contributed by atoms with Crippen molar-refractivity contribution in [2.75, 3.05) is 33.0 Å². The highest BCUT2D eigenvalue weighted by Crippen LogP contribution is 2.35. The lowest BCUT2D eigenvalue weighted by molar-refractivity contribution is -0.118. The average Bonchev–Trinajstić information content (AvgIpc) is 3.12. The summed E-state index contributed by atoms with van der Waals surface area (Å²) in [6.07, 6.45) is 1.01. The Morgan fingerprint density at radius 3 is 2.56 bits per heavy atom. The molecule has 6 nitrogen and oxygen atoms in total. The van der Waals surface area contributed by atoms with Gasteiger partial charge in [0, 0.05) is 25.2 Å². The van der Waals surface area contributed by atoms with Crippen molar-refractivity contribution in [3.63, 3.8) is 0 Å². The van der Waals surface area contributed by atoms with Crippen molar-refractivity contribution in [2.24, 2.45) is 0 Å². The Labute approximate surface area is 146 Å². The molecule has 0 fully saturated rings. The largest absolute Gasteiger partial charge is 0.493 e. The van der Waals surface area contributed by atoms with E-state index in [1.165, 1.54) is 0 Å². The van der Waals surface area contributed by atoms with Crippen LogP contribution in [0.2, 0.25) is 0 Å². The Balaban J connectivity index is 1.64. The lowest BCUT2D eigenvalue weighted by Gasteiger charge is -2.18. The van der Waals surface area contributed by atoms with Gasteiger partial charge >= 0.3 is 0 Å². The molecular weight excluding hydrogens is 322 g/mol. The van der Waals surface area contributed by atoms with Crippen LogP contribution in [-0.4, -0.2) is 34.0 Å². The van der Waals surface area contributed by atoms with Crippen LogP contribution in [0.5, 0.6) is 23.0 Å². The molecule has 2 aromatic carbocycles. The Morgan fingerprint density at radius 2 is 1.80 bits per heavy atom. The maximum Gasteiger partial charge on any atom is 0.231 e. The molecule has 0 spiro atoms. The molecule has 1 aliphatic heterocycles. The van der Waals surface area contributed by atoms with E-state index in [1.54, 1.807) is 26.2 Å². The molecule has 1 heterocycles. The monoisotopic (exact) mass is 343 g/mol. The molecular formula is C19H21NO5. The van der Waals surface area contributed by atoms with E-state index in [4.69, 9.17) is 18.9 Å². The Kier molecular flexibility index (Phi) is 4.97. The van der Waals surface area contributed by atoms with Crippen LogP contribution in [0.1, 0.15) is 12.0 Å². The molecule has 0 unspecified atom stereocenters. The molecule has 3 rings (SSSR count). The molecule has 0 bridgehead atoms. The summed E-state index contributed by atoms with van der Waals surface area (Å²) in [5, 5.41) is 0. The number of hydrogen-bond acceptors (Lipinski definition) is 5. The van der Waals surface area contributed by atoms with E-state index in [0.717, 1.165) is 11.3 Å². The van der Waals surface area contributed by atoms with Crippen molar-refractivity contribution >= 4 is 11.6 Å². The summed E-state index contributed by atoms with van der Waals surface area (Å²) in [4.78, 5) is 14.1. The second-order valence-corrected chi connectivity index (χ2v) is 5.68. The number of aryl methyl sites for hydroxylation is 1. The molecule has 132 valence electrons. The predicted octanol–water partition coefficient (Wildman–Crippen LogP) is 3.03. The summed E-state index contributed by atoms with van der Waals surface area (Å²) >= 11 is 0. The van der Waals surface area contributed by atoms with Crippen molar-refractivity contribution < 1.29 is 23.7 Å². The zero-order valence-electron chi connectivity index (χ0n) is 14.6. The zero-order valence-corrected chi connectivity index (χ0v) is 14.6. The minimum absolute atomic E-state index is 0.0219. The van der Waals surface area contributed by atoms with Gasteiger partial charge in [-0.3, -0.25) is 4.79 Å². The van der Waals surface area contributed by atoms with Gasteiger partial charge < -0.3 is 23.8 Å². The smallest absolute Gasteiger partial charge is 0.231 e. The fourth-order valence-electron chi connectivity index (χ4n) is 2.69. The van der Waals surface area contributed by atoms with Gasteiger partial charge in [0.1, 0.15) is 0 Å². The number of methoxy groups -OCH3 is 2. The van der Waals surface area contributed by atoms with E-state index in [0.29, 0.717) is 35.8 Å². The minimum atomic E-state index is 0.0219. The van der Waals surface area contributed by atoms with Crippen LogP contribution in [0.3, 0.4) is 0 Å². The number of anilines is 1. The fourth-order valence-corrected chi connectivity index (χ4v) is 2.69. The van der Waals surface area contributed by atoms with Crippen LogP contribution in [0, 0.1) is 0 Å². The number of fused-ring (bicyclic) bond motifs is 1. The Morgan fingerprint density at radius 1 is 1.04 bits per heavy atom. The van der Waals surface area contributed by atoms with E-state index in [2.05, 4.69) is 0 Å². The van der Waals surface area contributed by atoms with Gasteiger partial charge in [-0.15, -0.1) is 0 Å². The van der Waals surface area contributed by atoms with Gasteiger partial charge in [0.05, 0.1) is 14.2 Å². The first-order chi connectivity index (χ1) is 12.1. The number of benzene rings is 2. The van der Waals surface area contributed by atoms with E-state index >= 15 is 0 Å². The number of ether oxygens (including phenoxy) is 4. The number of nitrogens with zero attached hydrogens (tertiary/aromatic N) is 1. The van der Waals surface area contributed by atoms with Gasteiger partial charge in [0.15, 0.2) is 23.0 Å². The third-order valence-corrected chi connectivity index (χ3v) is 4.19. The topological polar surface area (TPSA) is 57.2 Å². The van der Waals surface area contributed by atoms with Crippen molar-refractivity contribution in [1.29, 1.82) is 0 Å². The van der Waals surface area contributed by atoms with Crippen molar-refractivity contribution in [2.45, 2.75) is 12.8 Å². The van der Waals surface area contributed by atoms with Crippen molar-refractivity contribution in [3.05, 3.63) is 42.0 Å². The molecule has 0 aromatic heterocycles. The number of carbonyl (C=O) groups excluding carboxylic acids is 1. The summed E-state index contributed by atoms with van der Waals surface area (Å²) in [6, 6.07) is 11.2. The molecule has 2 aromatic rings. The molecule has 6 heteroatoms. The third-order valence-electron chi connectivity index (χ3n) is 4.19. The highest BCUT2D eigenvalue weighted by molar-refractivity contribution is 5.93. The minimum Gasteiger partial charge on any atom is -0.493 e. The number of rotatable bonds is 6. The third kappa shape index (κ3) is 3.63. The molecule has 0 saturated carbocycles. The molecule has 1 amide bonds. The van der Waals surface area contributed by atoms with Crippen LogP contribution in [-0.2, 0) is 11.2 Å². The van der Waals surface area contributed by atoms with E-state index in [9.17, 15) is 4.79 Å². The maximum absolute atomic E-state index is 12.5. The van der Waals surface area contributed by atoms with Crippen molar-refractivity contribution in [3.8, 4) is 23.0 Å². The fraction of sp³-hybridized carbons (Fsp3) is 0.316. The van der Waals surface area contributed by atoms with Crippen LogP contribution in [0.15, 0.2) is 36.4 Å². The standard InChI is InChI=1S/C19H21NO5/c1-20(14-6-8-16-18(11-14)25-12-24-16)19(21)9-5-13-4-7-15(22-2)17(10-13)23-3/h4,6-8,10-11H,5,9,12H2,1-3H3. The molecule has 1 aliphatic rings. The first-order valence-electron chi connectivity index (χ1n) is 7.99. The van der Waals surface area contributed by atoms with Gasteiger partial charge in [-0.1, -0.05) is 6.07 Å². The van der Waals surface area contributed by atoms with Crippen LogP contribution >= 0.6 is 0 Å². The van der Waals surface area contributed by atoms with Gasteiger partial charge in [0.25, 0.3) is 0 Å². The second-order valence-electron chi connectivity index (χ2n) is 5.68. The lowest BCUT2D eigenvalue weighted by atomic mass is 10.1.